The van der Waals surface area contributed by atoms with Gasteiger partial charge in [0.2, 0.25) is 5.91 Å². The first kappa shape index (κ1) is 13.1. The van der Waals surface area contributed by atoms with Crippen LogP contribution in [0.5, 0.6) is 0 Å². The minimum Gasteiger partial charge on any atom is -0.399 e. The van der Waals surface area contributed by atoms with E-state index in [9.17, 15) is 4.79 Å². The molecule has 0 aliphatic carbocycles. The first-order chi connectivity index (χ1) is 9.20. The molecule has 0 radical (unpaired) electrons. The number of hydrogen-bond donors (Lipinski definition) is 2. The van der Waals surface area contributed by atoms with Crippen LogP contribution in [-0.4, -0.2) is 13.0 Å². The first-order valence-corrected chi connectivity index (χ1v) is 6.31. The third kappa shape index (κ3) is 3.35. The van der Waals surface area contributed by atoms with Crippen molar-refractivity contribution in [3.8, 4) is 0 Å². The number of anilines is 1. The highest BCUT2D eigenvalue weighted by Gasteiger charge is 2.20. The molecule has 1 atom stereocenters. The van der Waals surface area contributed by atoms with Gasteiger partial charge in [0.1, 0.15) is 0 Å². The molecule has 0 saturated carbocycles. The van der Waals surface area contributed by atoms with Crippen LogP contribution in [0.25, 0.3) is 0 Å². The molecular formula is C16H18N2O. The van der Waals surface area contributed by atoms with Gasteiger partial charge in [0.25, 0.3) is 0 Å². The summed E-state index contributed by atoms with van der Waals surface area (Å²) in [4.78, 5) is 12.1. The van der Waals surface area contributed by atoms with Gasteiger partial charge in [0.05, 0.1) is 5.92 Å². The lowest BCUT2D eigenvalue weighted by molar-refractivity contribution is -0.122. The fourth-order valence-corrected chi connectivity index (χ4v) is 2.16. The smallest absolute Gasteiger partial charge is 0.227 e. The van der Waals surface area contributed by atoms with Gasteiger partial charge in [0, 0.05) is 12.7 Å². The molecule has 2 aromatic rings. The van der Waals surface area contributed by atoms with Gasteiger partial charge in [-0.05, 0) is 29.7 Å². The van der Waals surface area contributed by atoms with Crippen LogP contribution in [0, 0.1) is 0 Å². The SMILES string of the molecule is CNC(=O)C(Cc1ccccc1)c1cccc(N)c1. The molecule has 0 saturated heterocycles. The monoisotopic (exact) mass is 254 g/mol. The maximum Gasteiger partial charge on any atom is 0.227 e. The zero-order valence-electron chi connectivity index (χ0n) is 11.0. The minimum absolute atomic E-state index is 0.00875. The highest BCUT2D eigenvalue weighted by Crippen LogP contribution is 2.23. The normalized spacial score (nSPS) is 11.8. The van der Waals surface area contributed by atoms with E-state index in [-0.39, 0.29) is 11.8 Å². The summed E-state index contributed by atoms with van der Waals surface area (Å²) in [5.41, 5.74) is 8.56. The van der Waals surface area contributed by atoms with E-state index < -0.39 is 0 Å². The summed E-state index contributed by atoms with van der Waals surface area (Å²) >= 11 is 0. The molecule has 3 heteroatoms. The molecule has 3 N–H and O–H groups in total. The molecule has 0 spiro atoms. The van der Waals surface area contributed by atoms with E-state index in [0.29, 0.717) is 12.1 Å². The molecular weight excluding hydrogens is 236 g/mol. The number of nitrogens with two attached hydrogens (primary N) is 1. The van der Waals surface area contributed by atoms with Crippen molar-refractivity contribution in [2.45, 2.75) is 12.3 Å². The number of hydrogen-bond acceptors (Lipinski definition) is 2. The van der Waals surface area contributed by atoms with E-state index in [0.717, 1.165) is 11.1 Å². The molecule has 0 bridgehead atoms. The van der Waals surface area contributed by atoms with Crippen LogP contribution in [0.3, 0.4) is 0 Å². The fourth-order valence-electron chi connectivity index (χ4n) is 2.16. The third-order valence-corrected chi connectivity index (χ3v) is 3.16. The van der Waals surface area contributed by atoms with Gasteiger partial charge in [-0.1, -0.05) is 42.5 Å². The molecule has 2 rings (SSSR count). The Morgan fingerprint density at radius 3 is 2.53 bits per heavy atom. The minimum atomic E-state index is -0.212. The zero-order chi connectivity index (χ0) is 13.7. The highest BCUT2D eigenvalue weighted by atomic mass is 16.1. The largest absolute Gasteiger partial charge is 0.399 e. The Labute approximate surface area is 113 Å². The standard InChI is InChI=1S/C16H18N2O/c1-18-16(19)15(10-12-6-3-2-4-7-12)13-8-5-9-14(17)11-13/h2-9,11,15H,10,17H2,1H3,(H,18,19). The second kappa shape index (κ2) is 6.05. The van der Waals surface area contributed by atoms with Crippen LogP contribution in [0.15, 0.2) is 54.6 Å². The van der Waals surface area contributed by atoms with E-state index >= 15 is 0 Å². The topological polar surface area (TPSA) is 55.1 Å². The Morgan fingerprint density at radius 2 is 1.89 bits per heavy atom. The summed E-state index contributed by atoms with van der Waals surface area (Å²) < 4.78 is 0. The van der Waals surface area contributed by atoms with E-state index in [1.165, 1.54) is 0 Å². The van der Waals surface area contributed by atoms with Crippen molar-refractivity contribution in [3.05, 3.63) is 65.7 Å². The van der Waals surface area contributed by atoms with Crippen LogP contribution in [0.1, 0.15) is 17.0 Å². The Morgan fingerprint density at radius 1 is 1.16 bits per heavy atom. The van der Waals surface area contributed by atoms with Crippen molar-refractivity contribution in [3.63, 3.8) is 0 Å². The van der Waals surface area contributed by atoms with Gasteiger partial charge in [-0.25, -0.2) is 0 Å². The van der Waals surface area contributed by atoms with Crippen LogP contribution in [-0.2, 0) is 11.2 Å². The summed E-state index contributed by atoms with van der Waals surface area (Å²) in [7, 11) is 1.66. The number of nitrogen functional groups attached to an aromatic ring is 1. The average Bonchev–Trinajstić information content (AvgIpc) is 2.45. The zero-order valence-corrected chi connectivity index (χ0v) is 11.0. The van der Waals surface area contributed by atoms with Crippen LogP contribution < -0.4 is 11.1 Å². The number of amides is 1. The molecule has 0 aromatic heterocycles. The Balaban J connectivity index is 2.29. The van der Waals surface area contributed by atoms with Crippen LogP contribution in [0.2, 0.25) is 0 Å². The van der Waals surface area contributed by atoms with Crippen molar-refractivity contribution >= 4 is 11.6 Å². The molecule has 3 nitrogen and oxygen atoms in total. The summed E-state index contributed by atoms with van der Waals surface area (Å²) in [5.74, 6) is -0.203. The van der Waals surface area contributed by atoms with Crippen molar-refractivity contribution in [1.82, 2.24) is 5.32 Å². The van der Waals surface area contributed by atoms with E-state index in [1.807, 2.05) is 54.6 Å². The van der Waals surface area contributed by atoms with Crippen molar-refractivity contribution < 1.29 is 4.79 Å². The first-order valence-electron chi connectivity index (χ1n) is 6.31. The van der Waals surface area contributed by atoms with E-state index in [2.05, 4.69) is 5.32 Å². The molecule has 0 fully saturated rings. The lowest BCUT2D eigenvalue weighted by atomic mass is 9.91. The van der Waals surface area contributed by atoms with Crippen molar-refractivity contribution in [1.29, 1.82) is 0 Å². The van der Waals surface area contributed by atoms with Crippen molar-refractivity contribution in [2.75, 3.05) is 12.8 Å². The highest BCUT2D eigenvalue weighted by molar-refractivity contribution is 5.84. The molecule has 98 valence electrons. The quantitative estimate of drug-likeness (QED) is 0.823. The van der Waals surface area contributed by atoms with Crippen LogP contribution >= 0.6 is 0 Å². The molecule has 1 amide bonds. The predicted octanol–water partition coefficient (Wildman–Crippen LogP) is 2.34. The molecule has 0 heterocycles. The van der Waals surface area contributed by atoms with Crippen molar-refractivity contribution in [2.24, 2.45) is 0 Å². The van der Waals surface area contributed by atoms with Gasteiger partial charge in [-0.2, -0.15) is 0 Å². The number of carbonyl (C=O) groups excluding carboxylic acids is 1. The molecule has 0 aliphatic rings. The van der Waals surface area contributed by atoms with Crippen LogP contribution in [0.4, 0.5) is 5.69 Å². The molecule has 19 heavy (non-hydrogen) atoms. The maximum atomic E-state index is 12.1. The number of likely N-dealkylation sites (N-methyl/N-ethyl adjacent to an activating group) is 1. The summed E-state index contributed by atoms with van der Waals surface area (Å²) in [6.45, 7) is 0. The van der Waals surface area contributed by atoms with Gasteiger partial charge in [-0.15, -0.1) is 0 Å². The van der Waals surface area contributed by atoms with E-state index in [1.54, 1.807) is 7.05 Å². The Kier molecular flexibility index (Phi) is 4.18. The second-order valence-electron chi connectivity index (χ2n) is 4.53. The Hall–Kier alpha value is -2.29. The summed E-state index contributed by atoms with van der Waals surface area (Å²) in [6, 6.07) is 17.5. The van der Waals surface area contributed by atoms with Gasteiger partial charge in [0.15, 0.2) is 0 Å². The summed E-state index contributed by atoms with van der Waals surface area (Å²) in [5, 5.41) is 2.72. The summed E-state index contributed by atoms with van der Waals surface area (Å²) in [6.07, 6.45) is 0.671. The number of nitrogens with one attached hydrogen (secondary N) is 1. The fraction of sp³-hybridized carbons (Fsp3) is 0.188. The van der Waals surface area contributed by atoms with Gasteiger partial charge in [-0.3, -0.25) is 4.79 Å². The number of carbonyl (C=O) groups is 1. The predicted molar refractivity (Wildman–Crippen MR) is 77.8 cm³/mol. The lowest BCUT2D eigenvalue weighted by Crippen LogP contribution is -2.27. The second-order valence-corrected chi connectivity index (χ2v) is 4.53. The Bertz CT molecular complexity index is 552. The van der Waals surface area contributed by atoms with E-state index in [4.69, 9.17) is 5.73 Å². The third-order valence-electron chi connectivity index (χ3n) is 3.16. The molecule has 2 aromatic carbocycles. The van der Waals surface area contributed by atoms with Gasteiger partial charge >= 0.3 is 0 Å². The molecule has 1 unspecified atom stereocenters. The number of benzene rings is 2. The average molecular weight is 254 g/mol. The maximum absolute atomic E-state index is 12.1. The lowest BCUT2D eigenvalue weighted by Gasteiger charge is -2.16. The van der Waals surface area contributed by atoms with Gasteiger partial charge < -0.3 is 11.1 Å². The number of rotatable bonds is 4. The molecule has 0 aliphatic heterocycles.